The first-order valence-corrected chi connectivity index (χ1v) is 11.6. The van der Waals surface area contributed by atoms with Crippen molar-refractivity contribution in [3.05, 3.63) is 20.8 Å². The molecule has 0 saturated carbocycles. The number of esters is 1. The van der Waals surface area contributed by atoms with Crippen molar-refractivity contribution < 1.29 is 14.3 Å². The van der Waals surface area contributed by atoms with Gasteiger partial charge in [0.25, 0.3) is 5.56 Å². The number of nitrogens with zero attached hydrogens (tertiary/aromatic N) is 2. The molecule has 4 rings (SSSR count). The zero-order valence-corrected chi connectivity index (χ0v) is 18.2. The fraction of sp³-hybridized carbons (Fsp3) is 0.650. The van der Waals surface area contributed by atoms with Crippen molar-refractivity contribution in [3.63, 3.8) is 0 Å². The highest BCUT2D eigenvalue weighted by molar-refractivity contribution is 7.99. The van der Waals surface area contributed by atoms with E-state index in [2.05, 4.69) is 0 Å². The normalized spacial score (nSPS) is 19.3. The Labute approximate surface area is 172 Å². The first-order valence-electron chi connectivity index (χ1n) is 9.83. The Morgan fingerprint density at radius 2 is 2.18 bits per heavy atom. The van der Waals surface area contributed by atoms with Crippen LogP contribution < -0.4 is 5.56 Å². The van der Waals surface area contributed by atoms with Gasteiger partial charge in [-0.2, -0.15) is 0 Å². The van der Waals surface area contributed by atoms with Gasteiger partial charge in [-0.1, -0.05) is 11.8 Å². The summed E-state index contributed by atoms with van der Waals surface area (Å²) in [5, 5.41) is 1.36. The Balaban J connectivity index is 1.67. The lowest BCUT2D eigenvalue weighted by atomic mass is 10.2. The van der Waals surface area contributed by atoms with E-state index in [4.69, 9.17) is 14.5 Å². The van der Waals surface area contributed by atoms with Gasteiger partial charge in [0.15, 0.2) is 5.16 Å². The number of hydrogen-bond donors (Lipinski definition) is 0. The molecular formula is C20H26N2O4S2. The molecule has 1 atom stereocenters. The molecule has 2 aliphatic rings. The quantitative estimate of drug-likeness (QED) is 0.417. The van der Waals surface area contributed by atoms with E-state index >= 15 is 0 Å². The highest BCUT2D eigenvalue weighted by atomic mass is 32.2. The summed E-state index contributed by atoms with van der Waals surface area (Å²) in [6.07, 6.45) is 5.09. The van der Waals surface area contributed by atoms with Crippen molar-refractivity contribution in [3.8, 4) is 0 Å². The minimum Gasteiger partial charge on any atom is -0.459 e. The van der Waals surface area contributed by atoms with Crippen LogP contribution in [0.25, 0.3) is 10.2 Å². The second kappa shape index (κ2) is 7.80. The maximum atomic E-state index is 13.4. The van der Waals surface area contributed by atoms with Crippen LogP contribution in [0, 0.1) is 0 Å². The fourth-order valence-electron chi connectivity index (χ4n) is 3.82. The smallest absolute Gasteiger partial charge is 0.316 e. The number of aryl methyl sites for hydroxylation is 2. The largest absolute Gasteiger partial charge is 0.459 e. The lowest BCUT2D eigenvalue weighted by Crippen LogP contribution is -2.29. The summed E-state index contributed by atoms with van der Waals surface area (Å²) in [6, 6.07) is 0. The van der Waals surface area contributed by atoms with Crippen molar-refractivity contribution in [2.75, 3.05) is 12.4 Å². The molecule has 3 heterocycles. The van der Waals surface area contributed by atoms with E-state index < -0.39 is 5.60 Å². The second-order valence-corrected chi connectivity index (χ2v) is 10.4. The highest BCUT2D eigenvalue weighted by Gasteiger charge is 2.26. The molecule has 0 radical (unpaired) electrons. The lowest BCUT2D eigenvalue weighted by Gasteiger charge is -2.20. The fourth-order valence-corrected chi connectivity index (χ4v) is 5.90. The zero-order valence-electron chi connectivity index (χ0n) is 16.6. The molecule has 1 saturated heterocycles. The standard InChI is InChI=1S/C20H26N2O4S2/c1-20(2,3)26-15(23)11-27-19-21-17-16(13-7-4-8-14(13)28-17)18(24)22(19)10-12-6-5-9-25-12/h12H,4-11H2,1-3H3/t12-/m0/s1. The van der Waals surface area contributed by atoms with Gasteiger partial charge in [0.2, 0.25) is 0 Å². The molecule has 0 spiro atoms. The number of ether oxygens (including phenoxy) is 2. The Morgan fingerprint density at radius 1 is 1.36 bits per heavy atom. The van der Waals surface area contributed by atoms with E-state index in [0.717, 1.165) is 48.9 Å². The maximum absolute atomic E-state index is 13.4. The van der Waals surface area contributed by atoms with Gasteiger partial charge in [-0.05, 0) is 58.4 Å². The van der Waals surface area contributed by atoms with Gasteiger partial charge in [-0.15, -0.1) is 11.3 Å². The number of fused-ring (bicyclic) bond motifs is 3. The first-order chi connectivity index (χ1) is 13.3. The minimum absolute atomic E-state index is 0.00610. The van der Waals surface area contributed by atoms with Crippen LogP contribution in [0.1, 0.15) is 50.5 Å². The number of thiophene rings is 1. The molecular weight excluding hydrogens is 396 g/mol. The van der Waals surface area contributed by atoms with Crippen LogP contribution in [0.3, 0.4) is 0 Å². The summed E-state index contributed by atoms with van der Waals surface area (Å²) >= 11 is 2.90. The summed E-state index contributed by atoms with van der Waals surface area (Å²) in [4.78, 5) is 32.4. The summed E-state index contributed by atoms with van der Waals surface area (Å²) in [5.74, 6) is -0.171. The molecule has 2 aromatic heterocycles. The lowest BCUT2D eigenvalue weighted by molar-refractivity contribution is -0.151. The van der Waals surface area contributed by atoms with E-state index in [1.54, 1.807) is 15.9 Å². The van der Waals surface area contributed by atoms with Crippen LogP contribution >= 0.6 is 23.1 Å². The van der Waals surface area contributed by atoms with Gasteiger partial charge in [0.05, 0.1) is 23.8 Å². The third-order valence-corrected chi connectivity index (χ3v) is 7.07. The number of rotatable bonds is 5. The van der Waals surface area contributed by atoms with Gasteiger partial charge in [-0.3, -0.25) is 14.2 Å². The predicted octanol–water partition coefficient (Wildman–Crippen LogP) is 3.56. The van der Waals surface area contributed by atoms with E-state index in [1.807, 2.05) is 20.8 Å². The van der Waals surface area contributed by atoms with Crippen LogP contribution in [0.2, 0.25) is 0 Å². The molecule has 0 unspecified atom stereocenters. The average Bonchev–Trinajstić information content (AvgIpc) is 3.31. The van der Waals surface area contributed by atoms with Crippen LogP contribution in [0.4, 0.5) is 0 Å². The number of carbonyl (C=O) groups is 1. The van der Waals surface area contributed by atoms with E-state index in [9.17, 15) is 9.59 Å². The van der Waals surface area contributed by atoms with Crippen molar-refractivity contribution in [1.82, 2.24) is 9.55 Å². The van der Waals surface area contributed by atoms with Gasteiger partial charge in [-0.25, -0.2) is 4.98 Å². The molecule has 1 fully saturated rings. The number of thioether (sulfide) groups is 1. The maximum Gasteiger partial charge on any atom is 0.316 e. The van der Waals surface area contributed by atoms with Gasteiger partial charge >= 0.3 is 5.97 Å². The molecule has 28 heavy (non-hydrogen) atoms. The van der Waals surface area contributed by atoms with Gasteiger partial charge in [0.1, 0.15) is 10.4 Å². The molecule has 0 amide bonds. The van der Waals surface area contributed by atoms with E-state index in [-0.39, 0.29) is 23.4 Å². The first kappa shape index (κ1) is 19.9. The molecule has 6 nitrogen and oxygen atoms in total. The molecule has 2 aromatic rings. The summed E-state index contributed by atoms with van der Waals surface area (Å²) in [7, 11) is 0. The average molecular weight is 423 g/mol. The minimum atomic E-state index is -0.527. The predicted molar refractivity (Wildman–Crippen MR) is 111 cm³/mol. The molecule has 0 bridgehead atoms. The van der Waals surface area contributed by atoms with E-state index in [1.165, 1.54) is 22.2 Å². The third-order valence-electron chi connectivity index (χ3n) is 4.94. The molecule has 8 heteroatoms. The monoisotopic (exact) mass is 422 g/mol. The highest BCUT2D eigenvalue weighted by Crippen LogP contribution is 2.35. The van der Waals surface area contributed by atoms with Crippen LogP contribution in [-0.2, 0) is 33.7 Å². The molecule has 1 aliphatic carbocycles. The van der Waals surface area contributed by atoms with Crippen LogP contribution in [0.5, 0.6) is 0 Å². The number of hydrogen-bond acceptors (Lipinski definition) is 7. The van der Waals surface area contributed by atoms with Crippen molar-refractivity contribution in [2.24, 2.45) is 0 Å². The molecule has 152 valence electrons. The third kappa shape index (κ3) is 4.14. The number of aromatic nitrogens is 2. The van der Waals surface area contributed by atoms with Gasteiger partial charge < -0.3 is 9.47 Å². The summed E-state index contributed by atoms with van der Waals surface area (Å²) < 4.78 is 12.9. The van der Waals surface area contributed by atoms with Crippen molar-refractivity contribution in [1.29, 1.82) is 0 Å². The molecule has 1 aliphatic heterocycles. The summed E-state index contributed by atoms with van der Waals surface area (Å²) in [6.45, 7) is 6.77. The Morgan fingerprint density at radius 3 is 2.89 bits per heavy atom. The van der Waals surface area contributed by atoms with E-state index in [0.29, 0.717) is 11.7 Å². The molecule has 0 aromatic carbocycles. The van der Waals surface area contributed by atoms with Crippen LogP contribution in [-0.4, -0.2) is 39.6 Å². The number of carbonyl (C=O) groups excluding carboxylic acids is 1. The summed E-state index contributed by atoms with van der Waals surface area (Å²) in [5.41, 5.74) is 0.662. The Kier molecular flexibility index (Phi) is 5.55. The topological polar surface area (TPSA) is 70.4 Å². The van der Waals surface area contributed by atoms with Crippen LogP contribution in [0.15, 0.2) is 9.95 Å². The SMILES string of the molecule is CC(C)(C)OC(=O)CSc1nc2sc3c(c2c(=O)n1C[C@@H]1CCCO1)CCC3. The van der Waals surface area contributed by atoms with Gasteiger partial charge in [0, 0.05) is 11.5 Å². The zero-order chi connectivity index (χ0) is 19.9. The Bertz CT molecular complexity index is 952. The Hall–Kier alpha value is -1.38. The second-order valence-electron chi connectivity index (χ2n) is 8.36. The van der Waals surface area contributed by atoms with Crippen molar-refractivity contribution >= 4 is 39.3 Å². The van der Waals surface area contributed by atoms with Crippen molar-refractivity contribution in [2.45, 2.75) is 76.3 Å². The molecule has 0 N–H and O–H groups in total.